The zero-order valence-electron chi connectivity index (χ0n) is 15.6. The van der Waals surface area contributed by atoms with Crippen LogP contribution >= 0.6 is 0 Å². The Bertz CT molecular complexity index is 740. The van der Waals surface area contributed by atoms with Gasteiger partial charge in [0.15, 0.2) is 0 Å². The molecule has 2 aliphatic rings. The van der Waals surface area contributed by atoms with Crippen molar-refractivity contribution in [2.45, 2.75) is 57.6 Å². The van der Waals surface area contributed by atoms with Crippen LogP contribution in [0.4, 0.5) is 0 Å². The third-order valence-electron chi connectivity index (χ3n) is 5.39. The average Bonchev–Trinajstić information content (AvgIpc) is 3.34. The van der Waals surface area contributed by atoms with Crippen LogP contribution in [0.25, 0.3) is 0 Å². The Morgan fingerprint density at radius 1 is 1.07 bits per heavy atom. The molecule has 3 heterocycles. The van der Waals surface area contributed by atoms with Crippen LogP contribution in [0.2, 0.25) is 0 Å². The number of fused-ring (bicyclic) bond motifs is 1. The predicted octanol–water partition coefficient (Wildman–Crippen LogP) is 2.77. The first-order valence-corrected chi connectivity index (χ1v) is 9.83. The summed E-state index contributed by atoms with van der Waals surface area (Å²) in [6, 6.07) is 9.90. The molecule has 0 saturated heterocycles. The quantitative estimate of drug-likeness (QED) is 0.786. The van der Waals surface area contributed by atoms with Crippen molar-refractivity contribution in [3.63, 3.8) is 0 Å². The summed E-state index contributed by atoms with van der Waals surface area (Å²) in [5, 5.41) is 0. The fourth-order valence-corrected chi connectivity index (χ4v) is 3.87. The van der Waals surface area contributed by atoms with Gasteiger partial charge in [-0.3, -0.25) is 9.78 Å². The molecule has 1 aliphatic carbocycles. The van der Waals surface area contributed by atoms with Crippen LogP contribution in [0.1, 0.15) is 37.1 Å². The third kappa shape index (κ3) is 4.76. The highest BCUT2D eigenvalue weighted by atomic mass is 16.5. The second-order valence-electron chi connectivity index (χ2n) is 7.40. The number of amides is 1. The maximum absolute atomic E-state index is 12.8. The number of hydrogen-bond acceptors (Lipinski definition) is 4. The van der Waals surface area contributed by atoms with Gasteiger partial charge in [-0.05, 0) is 37.1 Å². The van der Waals surface area contributed by atoms with Crippen molar-refractivity contribution < 1.29 is 14.3 Å². The first-order chi connectivity index (χ1) is 13.3. The Hall–Kier alpha value is -2.18. The van der Waals surface area contributed by atoms with Gasteiger partial charge in [-0.15, -0.1) is 0 Å². The lowest BCUT2D eigenvalue weighted by Crippen LogP contribution is -2.39. The normalized spacial score (nSPS) is 20.4. The van der Waals surface area contributed by atoms with Crippen molar-refractivity contribution in [2.75, 3.05) is 13.2 Å². The molecule has 4 rings (SSSR count). The van der Waals surface area contributed by atoms with Gasteiger partial charge in [-0.2, -0.15) is 0 Å². The van der Waals surface area contributed by atoms with E-state index in [1.54, 1.807) is 6.20 Å². The van der Waals surface area contributed by atoms with Gasteiger partial charge in [-0.1, -0.05) is 18.9 Å². The lowest BCUT2D eigenvalue weighted by Gasteiger charge is -2.25. The zero-order chi connectivity index (χ0) is 18.5. The third-order valence-corrected chi connectivity index (χ3v) is 5.39. The number of ether oxygens (including phenoxy) is 2. The summed E-state index contributed by atoms with van der Waals surface area (Å²) >= 11 is 0. The van der Waals surface area contributed by atoms with Gasteiger partial charge >= 0.3 is 0 Å². The summed E-state index contributed by atoms with van der Waals surface area (Å²) in [5.41, 5.74) is 2.03. The molecule has 1 atom stereocenters. The number of aromatic nitrogens is 2. The molecule has 27 heavy (non-hydrogen) atoms. The smallest absolute Gasteiger partial charge is 0.249 e. The molecule has 0 N–H and O–H groups in total. The molecular weight excluding hydrogens is 342 g/mol. The van der Waals surface area contributed by atoms with Gasteiger partial charge in [0.1, 0.15) is 6.61 Å². The molecule has 1 fully saturated rings. The highest BCUT2D eigenvalue weighted by Gasteiger charge is 2.26. The van der Waals surface area contributed by atoms with Crippen molar-refractivity contribution >= 4 is 5.91 Å². The highest BCUT2D eigenvalue weighted by molar-refractivity contribution is 5.77. The largest absolute Gasteiger partial charge is 0.368 e. The number of hydrogen-bond donors (Lipinski definition) is 0. The lowest BCUT2D eigenvalue weighted by atomic mass is 10.3. The summed E-state index contributed by atoms with van der Waals surface area (Å²) in [6.45, 7) is 2.52. The van der Waals surface area contributed by atoms with E-state index in [4.69, 9.17) is 9.47 Å². The van der Waals surface area contributed by atoms with Crippen molar-refractivity contribution in [1.82, 2.24) is 14.5 Å². The minimum atomic E-state index is -0.0731. The van der Waals surface area contributed by atoms with E-state index in [1.807, 2.05) is 29.2 Å². The van der Waals surface area contributed by atoms with Crippen LogP contribution < -0.4 is 0 Å². The van der Waals surface area contributed by atoms with E-state index in [2.05, 4.69) is 21.8 Å². The molecule has 2 aromatic heterocycles. The summed E-state index contributed by atoms with van der Waals surface area (Å²) < 4.78 is 14.1. The molecule has 1 aliphatic heterocycles. The second-order valence-corrected chi connectivity index (χ2v) is 7.40. The van der Waals surface area contributed by atoms with E-state index in [1.165, 1.54) is 12.8 Å². The summed E-state index contributed by atoms with van der Waals surface area (Å²) in [4.78, 5) is 19.0. The van der Waals surface area contributed by atoms with Crippen molar-refractivity contribution in [3.8, 4) is 0 Å². The van der Waals surface area contributed by atoms with Crippen LogP contribution in [-0.4, -0.2) is 45.7 Å². The average molecular weight is 369 g/mol. The van der Waals surface area contributed by atoms with Gasteiger partial charge in [0.2, 0.25) is 5.91 Å². The van der Waals surface area contributed by atoms with Crippen molar-refractivity contribution in [3.05, 3.63) is 54.1 Å². The van der Waals surface area contributed by atoms with Gasteiger partial charge < -0.3 is 18.9 Å². The Morgan fingerprint density at radius 2 is 1.96 bits per heavy atom. The van der Waals surface area contributed by atoms with Crippen molar-refractivity contribution in [2.24, 2.45) is 0 Å². The summed E-state index contributed by atoms with van der Waals surface area (Å²) in [5.74, 6) is 0.0444. The van der Waals surface area contributed by atoms with Gasteiger partial charge in [-0.25, -0.2) is 0 Å². The van der Waals surface area contributed by atoms with E-state index in [9.17, 15) is 4.79 Å². The first-order valence-electron chi connectivity index (χ1n) is 9.83. The van der Waals surface area contributed by atoms with Crippen LogP contribution in [0, 0.1) is 0 Å². The standard InChI is InChI=1S/C21H27N3O3/c25-21(16-27-19-8-1-2-9-19)24-12-18-7-5-11-23(18)13-20(14-24)26-15-17-6-3-4-10-22-17/h3-7,10-11,19-20H,1-2,8-9,12-16H2. The second kappa shape index (κ2) is 8.67. The Morgan fingerprint density at radius 3 is 2.78 bits per heavy atom. The Kier molecular flexibility index (Phi) is 5.84. The maximum atomic E-state index is 12.8. The van der Waals surface area contributed by atoms with Crippen molar-refractivity contribution in [1.29, 1.82) is 0 Å². The van der Waals surface area contributed by atoms with Crippen LogP contribution in [-0.2, 0) is 34.0 Å². The number of nitrogens with zero attached hydrogens (tertiary/aromatic N) is 3. The Labute approximate surface area is 160 Å². The number of rotatable bonds is 6. The molecule has 2 aromatic rings. The molecule has 1 unspecified atom stereocenters. The minimum Gasteiger partial charge on any atom is -0.368 e. The molecule has 6 heteroatoms. The van der Waals surface area contributed by atoms with Crippen LogP contribution in [0.15, 0.2) is 42.7 Å². The van der Waals surface area contributed by atoms with E-state index < -0.39 is 0 Å². The minimum absolute atomic E-state index is 0.0444. The molecule has 0 bridgehead atoms. The lowest BCUT2D eigenvalue weighted by molar-refractivity contribution is -0.140. The zero-order valence-corrected chi connectivity index (χ0v) is 15.6. The molecule has 1 amide bonds. The fourth-order valence-electron chi connectivity index (χ4n) is 3.87. The summed E-state index contributed by atoms with van der Waals surface area (Å²) in [6.07, 6.45) is 8.57. The van der Waals surface area contributed by atoms with Gasteiger partial charge in [0.25, 0.3) is 0 Å². The van der Waals surface area contributed by atoms with E-state index in [-0.39, 0.29) is 24.7 Å². The monoisotopic (exact) mass is 369 g/mol. The molecule has 0 spiro atoms. The topological polar surface area (TPSA) is 56.6 Å². The van der Waals surface area contributed by atoms with Crippen LogP contribution in [0.5, 0.6) is 0 Å². The summed E-state index contributed by atoms with van der Waals surface area (Å²) in [7, 11) is 0. The molecule has 0 aromatic carbocycles. The van der Waals surface area contributed by atoms with E-state index >= 15 is 0 Å². The number of carbonyl (C=O) groups excluding carboxylic acids is 1. The van der Waals surface area contributed by atoms with Crippen LogP contribution in [0.3, 0.4) is 0 Å². The molecular formula is C21H27N3O3. The number of carbonyl (C=O) groups is 1. The van der Waals surface area contributed by atoms with E-state index in [0.29, 0.717) is 19.7 Å². The molecule has 6 nitrogen and oxygen atoms in total. The maximum Gasteiger partial charge on any atom is 0.249 e. The predicted molar refractivity (Wildman–Crippen MR) is 101 cm³/mol. The molecule has 0 radical (unpaired) electrons. The SMILES string of the molecule is O=C(COC1CCCC1)N1Cc2cccn2CC(OCc2ccccn2)C1. The van der Waals surface area contributed by atoms with Gasteiger partial charge in [0, 0.05) is 24.6 Å². The first kappa shape index (κ1) is 18.2. The fraction of sp³-hybridized carbons (Fsp3) is 0.524. The number of pyridine rings is 1. The molecule has 144 valence electrons. The molecule has 1 saturated carbocycles. The van der Waals surface area contributed by atoms with E-state index in [0.717, 1.165) is 30.8 Å². The highest BCUT2D eigenvalue weighted by Crippen LogP contribution is 2.21. The Balaban J connectivity index is 1.39. The van der Waals surface area contributed by atoms with Gasteiger partial charge in [0.05, 0.1) is 37.6 Å².